The molecule has 1 aliphatic carbocycles. The Morgan fingerprint density at radius 2 is 2.16 bits per heavy atom. The number of amides is 1. The number of thioether (sulfide) groups is 1. The number of carbonyl (C=O) groups excluding carboxylic acids is 1. The summed E-state index contributed by atoms with van der Waals surface area (Å²) in [7, 11) is 0. The lowest BCUT2D eigenvalue weighted by Crippen LogP contribution is -2.38. The second-order valence-corrected chi connectivity index (χ2v) is 7.44. The summed E-state index contributed by atoms with van der Waals surface area (Å²) >= 11 is 11.2. The van der Waals surface area contributed by atoms with Gasteiger partial charge in [-0.3, -0.25) is 4.79 Å². The van der Waals surface area contributed by atoms with Gasteiger partial charge in [0.2, 0.25) is 0 Å². The summed E-state index contributed by atoms with van der Waals surface area (Å²) in [4.78, 5) is 12.1. The van der Waals surface area contributed by atoms with Crippen molar-refractivity contribution >= 4 is 45.2 Å². The molecule has 0 saturated heterocycles. The van der Waals surface area contributed by atoms with Crippen molar-refractivity contribution in [2.75, 3.05) is 12.8 Å². The first kappa shape index (κ1) is 15.2. The second kappa shape index (κ2) is 6.51. The van der Waals surface area contributed by atoms with Crippen LogP contribution in [0.2, 0.25) is 5.02 Å². The van der Waals surface area contributed by atoms with Crippen molar-refractivity contribution in [3.8, 4) is 0 Å². The van der Waals surface area contributed by atoms with Gasteiger partial charge in [-0.05, 0) is 53.2 Å². The molecule has 2 rings (SSSR count). The summed E-state index contributed by atoms with van der Waals surface area (Å²) in [6.07, 6.45) is 7.04. The van der Waals surface area contributed by atoms with E-state index in [1.807, 2.05) is 11.8 Å². The van der Waals surface area contributed by atoms with E-state index < -0.39 is 0 Å². The van der Waals surface area contributed by atoms with Crippen LogP contribution in [0.25, 0.3) is 0 Å². The Morgan fingerprint density at radius 1 is 1.47 bits per heavy atom. The summed E-state index contributed by atoms with van der Waals surface area (Å²) < 4.78 is 1.04. The topological polar surface area (TPSA) is 29.1 Å². The Kier molecular flexibility index (Phi) is 5.21. The van der Waals surface area contributed by atoms with Crippen LogP contribution in [0.15, 0.2) is 22.7 Å². The lowest BCUT2D eigenvalue weighted by atomic mass is 10.1. The van der Waals surface area contributed by atoms with E-state index >= 15 is 0 Å². The Hall–Kier alpha value is -0.190. The third-order valence-corrected chi connectivity index (χ3v) is 6.35. The normalized spacial score (nSPS) is 17.4. The molecular formula is C14H17BrClNOS. The zero-order valence-electron chi connectivity index (χ0n) is 10.8. The van der Waals surface area contributed by atoms with Crippen LogP contribution in [0.3, 0.4) is 0 Å². The van der Waals surface area contributed by atoms with Crippen molar-refractivity contribution in [2.24, 2.45) is 0 Å². The van der Waals surface area contributed by atoms with E-state index in [-0.39, 0.29) is 10.7 Å². The van der Waals surface area contributed by atoms with Crippen LogP contribution in [0.4, 0.5) is 0 Å². The highest BCUT2D eigenvalue weighted by molar-refractivity contribution is 9.10. The van der Waals surface area contributed by atoms with Crippen LogP contribution in [0.5, 0.6) is 0 Å². The van der Waals surface area contributed by atoms with Crippen molar-refractivity contribution < 1.29 is 4.79 Å². The molecular weight excluding hydrogens is 346 g/mol. The van der Waals surface area contributed by atoms with Crippen LogP contribution in [-0.2, 0) is 0 Å². The minimum Gasteiger partial charge on any atom is -0.351 e. The monoisotopic (exact) mass is 361 g/mol. The second-order valence-electron chi connectivity index (χ2n) is 4.91. The Bertz CT molecular complexity index is 475. The molecule has 0 bridgehead atoms. The van der Waals surface area contributed by atoms with E-state index in [2.05, 4.69) is 27.5 Å². The van der Waals surface area contributed by atoms with Crippen molar-refractivity contribution in [1.82, 2.24) is 5.32 Å². The Morgan fingerprint density at radius 3 is 2.74 bits per heavy atom. The number of benzene rings is 1. The van der Waals surface area contributed by atoms with Crippen molar-refractivity contribution in [2.45, 2.75) is 30.4 Å². The average Bonchev–Trinajstić information content (AvgIpc) is 2.89. The van der Waals surface area contributed by atoms with Gasteiger partial charge in [0.05, 0.1) is 5.02 Å². The lowest BCUT2D eigenvalue weighted by molar-refractivity contribution is 0.0949. The predicted molar refractivity (Wildman–Crippen MR) is 86.2 cm³/mol. The van der Waals surface area contributed by atoms with Crippen LogP contribution in [0.1, 0.15) is 36.0 Å². The van der Waals surface area contributed by atoms with Gasteiger partial charge in [-0.25, -0.2) is 0 Å². The van der Waals surface area contributed by atoms with E-state index in [0.29, 0.717) is 10.6 Å². The lowest BCUT2D eigenvalue weighted by Gasteiger charge is -2.26. The van der Waals surface area contributed by atoms with Gasteiger partial charge in [0, 0.05) is 21.3 Å². The fraction of sp³-hybridized carbons (Fsp3) is 0.500. The minimum absolute atomic E-state index is 0.0466. The first-order valence-corrected chi connectivity index (χ1v) is 8.74. The van der Waals surface area contributed by atoms with Crippen LogP contribution >= 0.6 is 39.3 Å². The van der Waals surface area contributed by atoms with Gasteiger partial charge >= 0.3 is 0 Å². The Labute approximate surface area is 131 Å². The molecule has 0 heterocycles. The number of halogens is 2. The molecule has 1 amide bonds. The summed E-state index contributed by atoms with van der Waals surface area (Å²) in [6.45, 7) is 0.737. The molecule has 0 aromatic heterocycles. The Balaban J connectivity index is 1.99. The predicted octanol–water partition coefficient (Wildman–Crippen LogP) is 4.51. The maximum Gasteiger partial charge on any atom is 0.251 e. The molecule has 1 aromatic carbocycles. The number of hydrogen-bond donors (Lipinski definition) is 1. The highest BCUT2D eigenvalue weighted by Crippen LogP contribution is 2.39. The average molecular weight is 363 g/mol. The van der Waals surface area contributed by atoms with Gasteiger partial charge in [-0.15, -0.1) is 0 Å². The fourth-order valence-electron chi connectivity index (χ4n) is 2.45. The molecule has 1 saturated carbocycles. The smallest absolute Gasteiger partial charge is 0.251 e. The molecule has 1 N–H and O–H groups in total. The number of rotatable bonds is 4. The van der Waals surface area contributed by atoms with Gasteiger partial charge in [0.15, 0.2) is 0 Å². The largest absolute Gasteiger partial charge is 0.351 e. The summed E-state index contributed by atoms with van der Waals surface area (Å²) in [6, 6.07) is 5.28. The molecule has 0 atom stereocenters. The third kappa shape index (κ3) is 3.67. The molecule has 1 aliphatic rings. The van der Waals surface area contributed by atoms with E-state index in [9.17, 15) is 4.79 Å². The van der Waals surface area contributed by atoms with Gasteiger partial charge in [0.25, 0.3) is 5.91 Å². The first-order chi connectivity index (χ1) is 9.06. The number of nitrogens with one attached hydrogen (secondary N) is 1. The summed E-state index contributed by atoms with van der Waals surface area (Å²) in [5.41, 5.74) is 0.613. The van der Waals surface area contributed by atoms with Crippen molar-refractivity contribution in [3.05, 3.63) is 33.3 Å². The number of carbonyl (C=O) groups is 1. The molecule has 2 nitrogen and oxygen atoms in total. The quantitative estimate of drug-likeness (QED) is 0.854. The summed E-state index contributed by atoms with van der Waals surface area (Å²) in [5.74, 6) is -0.0466. The molecule has 1 aromatic rings. The van der Waals surface area contributed by atoms with E-state index in [4.69, 9.17) is 11.6 Å². The van der Waals surface area contributed by atoms with Crippen LogP contribution in [0, 0.1) is 0 Å². The molecule has 19 heavy (non-hydrogen) atoms. The zero-order chi connectivity index (χ0) is 13.9. The van der Waals surface area contributed by atoms with Gasteiger partial charge in [-0.2, -0.15) is 11.8 Å². The van der Waals surface area contributed by atoms with Gasteiger partial charge in [-0.1, -0.05) is 24.4 Å². The number of hydrogen-bond acceptors (Lipinski definition) is 2. The van der Waals surface area contributed by atoms with Gasteiger partial charge < -0.3 is 5.32 Å². The van der Waals surface area contributed by atoms with Crippen LogP contribution < -0.4 is 5.32 Å². The molecule has 1 fully saturated rings. The minimum atomic E-state index is -0.0466. The van der Waals surface area contributed by atoms with E-state index in [1.54, 1.807) is 18.2 Å². The molecule has 0 radical (unpaired) electrons. The molecule has 0 unspecified atom stereocenters. The molecule has 5 heteroatoms. The highest BCUT2D eigenvalue weighted by atomic mass is 79.9. The molecule has 104 valence electrons. The van der Waals surface area contributed by atoms with E-state index in [1.165, 1.54) is 25.7 Å². The van der Waals surface area contributed by atoms with Crippen LogP contribution in [-0.4, -0.2) is 23.5 Å². The summed E-state index contributed by atoms with van der Waals surface area (Å²) in [5, 5.41) is 3.61. The fourth-order valence-corrected chi connectivity index (χ4v) is 3.79. The third-order valence-electron chi connectivity index (χ3n) is 3.70. The SMILES string of the molecule is CSC1(CNC(=O)c2ccc(Br)c(Cl)c2)CCCC1. The molecule has 0 aliphatic heterocycles. The molecule has 0 spiro atoms. The first-order valence-electron chi connectivity index (χ1n) is 6.35. The zero-order valence-corrected chi connectivity index (χ0v) is 14.0. The van der Waals surface area contributed by atoms with Gasteiger partial charge in [0.1, 0.15) is 0 Å². The standard InChI is InChI=1S/C14H17BrClNOS/c1-19-14(6-2-3-7-14)9-17-13(18)10-4-5-11(15)12(16)8-10/h4-5,8H,2-3,6-7,9H2,1H3,(H,17,18). The maximum atomic E-state index is 12.1. The van der Waals surface area contributed by atoms with Crippen molar-refractivity contribution in [3.63, 3.8) is 0 Å². The van der Waals surface area contributed by atoms with Crippen molar-refractivity contribution in [1.29, 1.82) is 0 Å². The van der Waals surface area contributed by atoms with E-state index in [0.717, 1.165) is 11.0 Å². The maximum absolute atomic E-state index is 12.1. The highest BCUT2D eigenvalue weighted by Gasteiger charge is 2.33.